The number of likely N-dealkylation sites (tertiary alicyclic amines) is 1. The molecule has 4 N–H and O–H groups in total. The number of nitrogens with two attached hydrogens (primary N) is 1. The van der Waals surface area contributed by atoms with Crippen LogP contribution in [-0.2, 0) is 4.79 Å². The van der Waals surface area contributed by atoms with Crippen molar-refractivity contribution in [2.45, 2.75) is 25.7 Å². The Morgan fingerprint density at radius 2 is 1.72 bits per heavy atom. The van der Waals surface area contributed by atoms with Gasteiger partial charge in [-0.15, -0.1) is 0 Å². The standard InChI is InChI=1S/C23H27N7O2/c24-22-19(15-26-30(22)20-10-3-4-11-25-20)23(32)28-18-9-7-8-17(14-18)27-21(31)16-29-12-5-1-2-6-13-29/h3-4,7-11,14-15H,1-2,5-6,12-13,16,24H2,(H,27,31)(H,28,32). The van der Waals surface area contributed by atoms with Crippen LogP contribution in [0.15, 0.2) is 54.9 Å². The summed E-state index contributed by atoms with van der Waals surface area (Å²) in [4.78, 5) is 31.6. The Kier molecular flexibility index (Phi) is 6.76. The summed E-state index contributed by atoms with van der Waals surface area (Å²) >= 11 is 0. The highest BCUT2D eigenvalue weighted by Gasteiger charge is 2.17. The van der Waals surface area contributed by atoms with E-state index in [0.29, 0.717) is 23.7 Å². The van der Waals surface area contributed by atoms with Gasteiger partial charge in [-0.25, -0.2) is 4.98 Å². The van der Waals surface area contributed by atoms with Crippen LogP contribution in [0, 0.1) is 0 Å². The molecule has 2 aromatic heterocycles. The van der Waals surface area contributed by atoms with Gasteiger partial charge in [-0.05, 0) is 56.3 Å². The molecule has 1 aromatic carbocycles. The SMILES string of the molecule is Nc1c(C(=O)Nc2cccc(NC(=O)CN3CCCCCC3)c2)cnn1-c1ccccn1. The summed E-state index contributed by atoms with van der Waals surface area (Å²) in [6, 6.07) is 12.4. The van der Waals surface area contributed by atoms with Crippen LogP contribution in [0.3, 0.4) is 0 Å². The third kappa shape index (κ3) is 5.30. The van der Waals surface area contributed by atoms with E-state index < -0.39 is 5.91 Å². The molecular formula is C23H27N7O2. The fourth-order valence-electron chi connectivity index (χ4n) is 3.77. The maximum Gasteiger partial charge on any atom is 0.261 e. The lowest BCUT2D eigenvalue weighted by atomic mass is 10.2. The van der Waals surface area contributed by atoms with Crippen molar-refractivity contribution in [3.8, 4) is 5.82 Å². The Bertz CT molecular complexity index is 1070. The van der Waals surface area contributed by atoms with Gasteiger partial charge in [0.1, 0.15) is 11.4 Å². The highest BCUT2D eigenvalue weighted by atomic mass is 16.2. The monoisotopic (exact) mass is 433 g/mol. The Morgan fingerprint density at radius 1 is 0.969 bits per heavy atom. The second-order valence-corrected chi connectivity index (χ2v) is 7.82. The molecule has 0 aliphatic carbocycles. The smallest absolute Gasteiger partial charge is 0.261 e. The van der Waals surface area contributed by atoms with Crippen molar-refractivity contribution in [2.75, 3.05) is 36.0 Å². The Morgan fingerprint density at radius 3 is 2.44 bits per heavy atom. The summed E-state index contributed by atoms with van der Waals surface area (Å²) in [5.41, 5.74) is 7.54. The lowest BCUT2D eigenvalue weighted by Crippen LogP contribution is -2.33. The molecule has 166 valence electrons. The fourth-order valence-corrected chi connectivity index (χ4v) is 3.77. The molecule has 1 saturated heterocycles. The number of amides is 2. The van der Waals surface area contributed by atoms with Crippen LogP contribution in [0.25, 0.3) is 5.82 Å². The number of nitrogens with one attached hydrogen (secondary N) is 2. The highest BCUT2D eigenvalue weighted by molar-refractivity contribution is 6.07. The van der Waals surface area contributed by atoms with Gasteiger partial charge in [0.15, 0.2) is 5.82 Å². The van der Waals surface area contributed by atoms with E-state index in [2.05, 4.69) is 25.6 Å². The van der Waals surface area contributed by atoms with Crippen molar-refractivity contribution in [3.05, 3.63) is 60.4 Å². The lowest BCUT2D eigenvalue weighted by molar-refractivity contribution is -0.117. The zero-order chi connectivity index (χ0) is 22.3. The molecule has 4 rings (SSSR count). The average molecular weight is 434 g/mol. The number of benzene rings is 1. The van der Waals surface area contributed by atoms with Gasteiger partial charge in [-0.3, -0.25) is 14.5 Å². The van der Waals surface area contributed by atoms with E-state index in [4.69, 9.17) is 5.73 Å². The van der Waals surface area contributed by atoms with E-state index >= 15 is 0 Å². The maximum atomic E-state index is 12.7. The highest BCUT2D eigenvalue weighted by Crippen LogP contribution is 2.20. The van der Waals surface area contributed by atoms with Crippen LogP contribution in [0.1, 0.15) is 36.0 Å². The van der Waals surface area contributed by atoms with Gasteiger partial charge >= 0.3 is 0 Å². The van der Waals surface area contributed by atoms with E-state index in [1.807, 2.05) is 6.07 Å². The van der Waals surface area contributed by atoms with E-state index in [0.717, 1.165) is 25.9 Å². The van der Waals surface area contributed by atoms with Gasteiger partial charge < -0.3 is 16.4 Å². The van der Waals surface area contributed by atoms with Gasteiger partial charge in [-0.1, -0.05) is 25.0 Å². The molecule has 9 heteroatoms. The first-order valence-electron chi connectivity index (χ1n) is 10.8. The molecule has 32 heavy (non-hydrogen) atoms. The molecule has 0 spiro atoms. The number of rotatable bonds is 6. The number of hydrogen-bond acceptors (Lipinski definition) is 6. The molecule has 3 heterocycles. The van der Waals surface area contributed by atoms with E-state index in [-0.39, 0.29) is 17.3 Å². The number of nitrogens with zero attached hydrogens (tertiary/aromatic N) is 4. The molecule has 9 nitrogen and oxygen atoms in total. The molecule has 2 amide bonds. The van der Waals surface area contributed by atoms with E-state index in [1.165, 1.54) is 23.7 Å². The molecule has 0 bridgehead atoms. The number of pyridine rings is 1. The summed E-state index contributed by atoms with van der Waals surface area (Å²) in [6.45, 7) is 2.29. The van der Waals surface area contributed by atoms with Gasteiger partial charge in [0, 0.05) is 17.6 Å². The minimum Gasteiger partial charge on any atom is -0.383 e. The van der Waals surface area contributed by atoms with Gasteiger partial charge in [0.05, 0.1) is 12.7 Å². The predicted octanol–water partition coefficient (Wildman–Crippen LogP) is 2.92. The largest absolute Gasteiger partial charge is 0.383 e. The van der Waals surface area contributed by atoms with Crippen molar-refractivity contribution in [3.63, 3.8) is 0 Å². The molecule has 0 atom stereocenters. The molecule has 0 radical (unpaired) electrons. The first-order chi connectivity index (χ1) is 15.6. The molecule has 1 aliphatic rings. The zero-order valence-corrected chi connectivity index (χ0v) is 17.8. The van der Waals surface area contributed by atoms with Crippen molar-refractivity contribution < 1.29 is 9.59 Å². The summed E-state index contributed by atoms with van der Waals surface area (Å²) in [6.07, 6.45) is 7.76. The average Bonchev–Trinajstić information content (AvgIpc) is 2.99. The second kappa shape index (κ2) is 10.1. The number of anilines is 3. The van der Waals surface area contributed by atoms with Crippen molar-refractivity contribution >= 4 is 29.0 Å². The molecule has 0 unspecified atom stereocenters. The third-order valence-corrected chi connectivity index (χ3v) is 5.39. The second-order valence-electron chi connectivity index (χ2n) is 7.82. The molecule has 3 aromatic rings. The van der Waals surface area contributed by atoms with Crippen LogP contribution < -0.4 is 16.4 Å². The minimum absolute atomic E-state index is 0.0590. The summed E-state index contributed by atoms with van der Waals surface area (Å²) in [5.74, 6) is 0.273. The Hall–Kier alpha value is -3.72. The topological polar surface area (TPSA) is 118 Å². The van der Waals surface area contributed by atoms with Crippen LogP contribution in [0.5, 0.6) is 0 Å². The van der Waals surface area contributed by atoms with Crippen LogP contribution in [0.2, 0.25) is 0 Å². The normalized spacial score (nSPS) is 14.5. The minimum atomic E-state index is -0.391. The quantitative estimate of drug-likeness (QED) is 0.550. The zero-order valence-electron chi connectivity index (χ0n) is 17.8. The van der Waals surface area contributed by atoms with Crippen molar-refractivity contribution in [1.82, 2.24) is 19.7 Å². The predicted molar refractivity (Wildman–Crippen MR) is 124 cm³/mol. The summed E-state index contributed by atoms with van der Waals surface area (Å²) in [7, 11) is 0. The Labute approximate surface area is 186 Å². The maximum absolute atomic E-state index is 12.7. The third-order valence-electron chi connectivity index (χ3n) is 5.39. The first kappa shape index (κ1) is 21.5. The van der Waals surface area contributed by atoms with Crippen LogP contribution in [0.4, 0.5) is 17.2 Å². The van der Waals surface area contributed by atoms with Crippen LogP contribution in [-0.4, -0.2) is 51.1 Å². The van der Waals surface area contributed by atoms with Gasteiger partial charge in [0.2, 0.25) is 5.91 Å². The van der Waals surface area contributed by atoms with E-state index in [9.17, 15) is 9.59 Å². The van der Waals surface area contributed by atoms with Crippen molar-refractivity contribution in [2.24, 2.45) is 0 Å². The molecule has 0 saturated carbocycles. The molecule has 1 aliphatic heterocycles. The lowest BCUT2D eigenvalue weighted by Gasteiger charge is -2.19. The van der Waals surface area contributed by atoms with Crippen LogP contribution >= 0.6 is 0 Å². The molecular weight excluding hydrogens is 406 g/mol. The number of nitrogen functional groups attached to an aromatic ring is 1. The number of aromatic nitrogens is 3. The molecule has 1 fully saturated rings. The summed E-state index contributed by atoms with van der Waals surface area (Å²) in [5, 5.41) is 9.91. The van der Waals surface area contributed by atoms with Crippen molar-refractivity contribution in [1.29, 1.82) is 0 Å². The number of hydrogen-bond donors (Lipinski definition) is 3. The van der Waals surface area contributed by atoms with E-state index in [1.54, 1.807) is 42.6 Å². The summed E-state index contributed by atoms with van der Waals surface area (Å²) < 4.78 is 1.41. The Balaban J connectivity index is 1.39. The van der Waals surface area contributed by atoms with Gasteiger partial charge in [-0.2, -0.15) is 9.78 Å². The number of carbonyl (C=O) groups is 2. The first-order valence-corrected chi connectivity index (χ1v) is 10.8. The number of carbonyl (C=O) groups excluding carboxylic acids is 2. The van der Waals surface area contributed by atoms with Gasteiger partial charge in [0.25, 0.3) is 5.91 Å². The fraction of sp³-hybridized carbons (Fsp3) is 0.304.